The number of aryl methyl sites for hydroxylation is 1. The molecule has 0 bridgehead atoms. The van der Waals surface area contributed by atoms with Crippen molar-refractivity contribution in [2.24, 2.45) is 10.9 Å². The Morgan fingerprint density at radius 2 is 1.83 bits per heavy atom. The van der Waals surface area contributed by atoms with Gasteiger partial charge in [-0.3, -0.25) is 4.79 Å². The molecular formula is C27H25F4N3O2. The lowest BCUT2D eigenvalue weighted by Gasteiger charge is -2.27. The minimum absolute atomic E-state index is 0.0123. The third-order valence-corrected chi connectivity index (χ3v) is 6.58. The van der Waals surface area contributed by atoms with Crippen LogP contribution in [0.1, 0.15) is 42.4 Å². The van der Waals surface area contributed by atoms with E-state index in [0.717, 1.165) is 30.9 Å². The molecule has 0 spiro atoms. The van der Waals surface area contributed by atoms with Crippen molar-refractivity contribution in [2.75, 3.05) is 20.2 Å². The molecule has 1 unspecified atom stereocenters. The summed E-state index contributed by atoms with van der Waals surface area (Å²) < 4.78 is 63.0. The summed E-state index contributed by atoms with van der Waals surface area (Å²) in [5, 5.41) is 9.05. The number of halogens is 4. The quantitative estimate of drug-likeness (QED) is 0.487. The van der Waals surface area contributed by atoms with Gasteiger partial charge < -0.3 is 9.64 Å². The average molecular weight is 500 g/mol. The fourth-order valence-electron chi connectivity index (χ4n) is 4.72. The van der Waals surface area contributed by atoms with Gasteiger partial charge in [0, 0.05) is 19.0 Å². The Bertz CT molecular complexity index is 1240. The molecule has 188 valence electrons. The van der Waals surface area contributed by atoms with E-state index in [1.807, 2.05) is 0 Å². The van der Waals surface area contributed by atoms with Crippen molar-refractivity contribution in [3.05, 3.63) is 76.2 Å². The molecule has 0 radical (unpaired) electrons. The number of likely N-dealkylation sites (tertiary alicyclic amines) is 1. The molecular weight excluding hydrogens is 474 g/mol. The van der Waals surface area contributed by atoms with Crippen molar-refractivity contribution in [3.8, 4) is 11.8 Å². The average Bonchev–Trinajstić information content (AvgIpc) is 3.28. The zero-order valence-corrected chi connectivity index (χ0v) is 19.7. The van der Waals surface area contributed by atoms with Gasteiger partial charge in [-0.15, -0.1) is 0 Å². The van der Waals surface area contributed by atoms with Gasteiger partial charge in [-0.2, -0.15) is 18.4 Å². The number of piperidine rings is 1. The molecule has 0 N–H and O–H groups in total. The first-order valence-corrected chi connectivity index (χ1v) is 11.7. The summed E-state index contributed by atoms with van der Waals surface area (Å²) in [5.74, 6) is -2.24. The van der Waals surface area contributed by atoms with Crippen LogP contribution in [0.2, 0.25) is 0 Å². The molecule has 1 amide bonds. The monoisotopic (exact) mass is 499 g/mol. The normalized spacial score (nSPS) is 18.2. The minimum Gasteiger partial charge on any atom is -0.497 e. The molecule has 9 heteroatoms. The highest BCUT2D eigenvalue weighted by molar-refractivity contribution is 6.11. The van der Waals surface area contributed by atoms with Crippen LogP contribution in [0.4, 0.5) is 17.6 Å². The smallest absolute Gasteiger partial charge is 0.415 e. The van der Waals surface area contributed by atoms with Crippen molar-refractivity contribution < 1.29 is 27.1 Å². The fraction of sp³-hybridized carbons (Fsp3) is 0.370. The third-order valence-electron chi connectivity index (χ3n) is 6.58. The summed E-state index contributed by atoms with van der Waals surface area (Å²) in [6.07, 6.45) is -2.16. The molecule has 0 aliphatic carbocycles. The topological polar surface area (TPSA) is 65.7 Å². The Labute approximate surface area is 206 Å². The second kappa shape index (κ2) is 10.5. The number of carbonyl (C=O) groups is 1. The van der Waals surface area contributed by atoms with Crippen LogP contribution in [-0.4, -0.2) is 42.9 Å². The van der Waals surface area contributed by atoms with Crippen molar-refractivity contribution in [1.29, 1.82) is 5.26 Å². The number of ether oxygens (including phenoxy) is 1. The number of hydrogen-bond donors (Lipinski definition) is 0. The Morgan fingerprint density at radius 3 is 2.42 bits per heavy atom. The molecule has 2 aliphatic rings. The summed E-state index contributed by atoms with van der Waals surface area (Å²) in [6, 6.07) is 12.3. The first kappa shape index (κ1) is 25.4. The lowest BCUT2D eigenvalue weighted by Crippen LogP contribution is -2.37. The van der Waals surface area contributed by atoms with Crippen molar-refractivity contribution in [2.45, 2.75) is 38.3 Å². The second-order valence-electron chi connectivity index (χ2n) is 8.86. The predicted molar refractivity (Wildman–Crippen MR) is 126 cm³/mol. The molecule has 2 aromatic rings. The number of nitrogens with zero attached hydrogens (tertiary/aromatic N) is 3. The van der Waals surface area contributed by atoms with Crippen LogP contribution in [-0.2, 0) is 11.2 Å². The highest BCUT2D eigenvalue weighted by Crippen LogP contribution is 2.43. The number of hydrogen-bond acceptors (Lipinski definition) is 4. The molecule has 5 nitrogen and oxygen atoms in total. The van der Waals surface area contributed by atoms with E-state index in [9.17, 15) is 22.4 Å². The molecule has 0 aromatic heterocycles. The third kappa shape index (κ3) is 5.27. The number of benzene rings is 2. The van der Waals surface area contributed by atoms with E-state index in [1.165, 1.54) is 24.1 Å². The van der Waals surface area contributed by atoms with Gasteiger partial charge in [0.1, 0.15) is 23.3 Å². The van der Waals surface area contributed by atoms with E-state index in [2.05, 4.69) is 4.99 Å². The van der Waals surface area contributed by atoms with Crippen LogP contribution in [0.15, 0.2) is 58.7 Å². The molecule has 4 rings (SSSR count). The highest BCUT2D eigenvalue weighted by atomic mass is 19.4. The molecule has 2 heterocycles. The maximum atomic E-state index is 14.5. The van der Waals surface area contributed by atoms with E-state index < -0.39 is 35.1 Å². The van der Waals surface area contributed by atoms with Gasteiger partial charge in [-0.25, -0.2) is 9.38 Å². The summed E-state index contributed by atoms with van der Waals surface area (Å²) in [6.45, 7) is 0.751. The maximum absolute atomic E-state index is 14.5. The van der Waals surface area contributed by atoms with Crippen molar-refractivity contribution >= 4 is 11.6 Å². The van der Waals surface area contributed by atoms with E-state index in [1.54, 1.807) is 30.3 Å². The van der Waals surface area contributed by atoms with Gasteiger partial charge in [-0.05, 0) is 67.5 Å². The number of amides is 1. The van der Waals surface area contributed by atoms with E-state index in [0.29, 0.717) is 18.8 Å². The van der Waals surface area contributed by atoms with Crippen molar-refractivity contribution in [3.63, 3.8) is 0 Å². The van der Waals surface area contributed by atoms with E-state index in [4.69, 9.17) is 10.00 Å². The number of alkyl halides is 3. The lowest BCUT2D eigenvalue weighted by atomic mass is 9.85. The number of aliphatic imine (C=N–C) groups is 1. The van der Waals surface area contributed by atoms with Gasteiger partial charge in [0.2, 0.25) is 0 Å². The Kier molecular flexibility index (Phi) is 7.43. The molecule has 0 saturated carbocycles. The zero-order chi connectivity index (χ0) is 25.9. The SMILES string of the molecule is COc1ccc(CCC2C(c3ccc(C#N)c(F)c3)=NC(C(=O)N3CCCCC3)=C2C(F)(F)F)cc1. The van der Waals surface area contributed by atoms with E-state index >= 15 is 0 Å². The molecule has 1 atom stereocenters. The van der Waals surface area contributed by atoms with Gasteiger partial charge in [0.05, 0.1) is 24.0 Å². The van der Waals surface area contributed by atoms with Crippen LogP contribution in [0.25, 0.3) is 0 Å². The Balaban J connectivity index is 1.75. The first-order valence-electron chi connectivity index (χ1n) is 11.7. The summed E-state index contributed by atoms with van der Waals surface area (Å²) in [7, 11) is 1.52. The first-order chi connectivity index (χ1) is 17.2. The summed E-state index contributed by atoms with van der Waals surface area (Å²) in [5.41, 5.74) is -0.941. The molecule has 2 aromatic carbocycles. The number of methoxy groups -OCH3 is 1. The van der Waals surface area contributed by atoms with Crippen LogP contribution < -0.4 is 4.74 Å². The van der Waals surface area contributed by atoms with Gasteiger partial charge in [0.25, 0.3) is 5.91 Å². The number of allylic oxidation sites excluding steroid dienone is 1. The predicted octanol–water partition coefficient (Wildman–Crippen LogP) is 5.59. The Morgan fingerprint density at radius 1 is 1.14 bits per heavy atom. The second-order valence-corrected chi connectivity index (χ2v) is 8.86. The fourth-order valence-corrected chi connectivity index (χ4v) is 4.72. The van der Waals surface area contributed by atoms with Crippen LogP contribution in [0, 0.1) is 23.1 Å². The van der Waals surface area contributed by atoms with Crippen LogP contribution in [0.3, 0.4) is 0 Å². The molecule has 36 heavy (non-hydrogen) atoms. The standard InChI is InChI=1S/C27H25F4N3O2/c1-36-20-10-5-17(6-11-20)7-12-21-23(27(29,30)31)25(26(35)34-13-3-2-4-14-34)33-24(21)18-8-9-19(16-32)22(28)15-18/h5-6,8-11,15,21H,2-4,7,12-14H2,1H3. The van der Waals surface area contributed by atoms with Crippen molar-refractivity contribution in [1.82, 2.24) is 4.90 Å². The largest absolute Gasteiger partial charge is 0.497 e. The van der Waals surface area contributed by atoms with Crippen LogP contribution in [0.5, 0.6) is 5.75 Å². The highest BCUT2D eigenvalue weighted by Gasteiger charge is 2.48. The van der Waals surface area contributed by atoms with Gasteiger partial charge >= 0.3 is 6.18 Å². The maximum Gasteiger partial charge on any atom is 0.415 e. The van der Waals surface area contributed by atoms with Gasteiger partial charge in [-0.1, -0.05) is 18.2 Å². The molecule has 1 fully saturated rings. The van der Waals surface area contributed by atoms with Gasteiger partial charge in [0.15, 0.2) is 0 Å². The van der Waals surface area contributed by atoms with E-state index in [-0.39, 0.29) is 29.7 Å². The number of carbonyl (C=O) groups excluding carboxylic acids is 1. The number of nitriles is 1. The lowest BCUT2D eigenvalue weighted by molar-refractivity contribution is -0.129. The zero-order valence-electron chi connectivity index (χ0n) is 19.7. The molecule has 1 saturated heterocycles. The summed E-state index contributed by atoms with van der Waals surface area (Å²) in [4.78, 5) is 18.9. The Hall–Kier alpha value is -3.67. The number of rotatable bonds is 6. The van der Waals surface area contributed by atoms with Crippen LogP contribution >= 0.6 is 0 Å². The summed E-state index contributed by atoms with van der Waals surface area (Å²) >= 11 is 0. The minimum atomic E-state index is -4.80. The molecule has 2 aliphatic heterocycles.